The molecular formula is C21H20FN7. The van der Waals surface area contributed by atoms with Crippen molar-refractivity contribution in [1.29, 1.82) is 0 Å². The third-order valence-electron chi connectivity index (χ3n) is 4.98. The van der Waals surface area contributed by atoms with E-state index >= 15 is 0 Å². The highest BCUT2D eigenvalue weighted by Gasteiger charge is 2.16. The first kappa shape index (κ1) is 17.6. The summed E-state index contributed by atoms with van der Waals surface area (Å²) in [5, 5.41) is 14.4. The van der Waals surface area contributed by atoms with Gasteiger partial charge in [0.25, 0.3) is 0 Å². The van der Waals surface area contributed by atoms with E-state index < -0.39 is 0 Å². The monoisotopic (exact) mass is 389 g/mol. The average molecular weight is 389 g/mol. The van der Waals surface area contributed by atoms with Gasteiger partial charge in [-0.25, -0.2) is 9.37 Å². The first-order valence-corrected chi connectivity index (χ1v) is 9.57. The first-order chi connectivity index (χ1) is 14.3. The van der Waals surface area contributed by atoms with Crippen molar-refractivity contribution in [2.75, 3.05) is 36.4 Å². The lowest BCUT2D eigenvalue weighted by molar-refractivity contribution is 0.585. The molecule has 3 N–H and O–H groups in total. The summed E-state index contributed by atoms with van der Waals surface area (Å²) < 4.78 is 13.7. The van der Waals surface area contributed by atoms with E-state index in [1.54, 1.807) is 6.07 Å². The van der Waals surface area contributed by atoms with Crippen molar-refractivity contribution < 1.29 is 4.39 Å². The molecule has 0 radical (unpaired) electrons. The second kappa shape index (κ2) is 7.48. The zero-order chi connectivity index (χ0) is 19.6. The minimum atomic E-state index is -0.317. The van der Waals surface area contributed by atoms with Crippen LogP contribution in [0.1, 0.15) is 0 Å². The Hall–Kier alpha value is -3.52. The van der Waals surface area contributed by atoms with E-state index in [0.717, 1.165) is 48.8 Å². The van der Waals surface area contributed by atoms with E-state index in [1.807, 2.05) is 36.4 Å². The van der Waals surface area contributed by atoms with Crippen LogP contribution in [0.25, 0.3) is 22.2 Å². The number of nitrogens with zero attached hydrogens (tertiary/aromatic N) is 4. The summed E-state index contributed by atoms with van der Waals surface area (Å²) >= 11 is 0. The molecule has 0 unspecified atom stereocenters. The molecule has 1 fully saturated rings. The number of nitrogens with one attached hydrogen (secondary N) is 3. The summed E-state index contributed by atoms with van der Waals surface area (Å²) in [5.41, 5.74) is 2.57. The molecule has 0 bridgehead atoms. The van der Waals surface area contributed by atoms with Crippen LogP contribution in [0.3, 0.4) is 0 Å². The SMILES string of the molecule is Fc1ccc2[nH]nc(Nc3nc(-c4ccccc4)cc(N4CCNCC4)n3)c2c1. The number of piperazine rings is 1. The molecule has 146 valence electrons. The normalized spacial score (nSPS) is 14.3. The third-order valence-corrected chi connectivity index (χ3v) is 4.98. The lowest BCUT2D eigenvalue weighted by Gasteiger charge is -2.28. The summed E-state index contributed by atoms with van der Waals surface area (Å²) in [6.07, 6.45) is 0. The molecule has 7 nitrogen and oxygen atoms in total. The van der Waals surface area contributed by atoms with Gasteiger partial charge in [0.2, 0.25) is 5.95 Å². The molecule has 1 aliphatic heterocycles. The second-order valence-electron chi connectivity index (χ2n) is 6.93. The standard InChI is InChI=1S/C21H20FN7/c22-15-6-7-17-16(12-15)20(28-27-17)26-21-24-18(14-4-2-1-3-5-14)13-19(25-21)29-10-8-23-9-11-29/h1-7,12-13,23H,8-11H2,(H2,24,25,26,27,28). The molecule has 2 aromatic heterocycles. The van der Waals surface area contributed by atoms with Crippen LogP contribution in [0, 0.1) is 5.82 Å². The van der Waals surface area contributed by atoms with Gasteiger partial charge in [0.05, 0.1) is 11.2 Å². The Morgan fingerprint density at radius 3 is 2.62 bits per heavy atom. The molecule has 4 aromatic rings. The van der Waals surface area contributed by atoms with Crippen molar-refractivity contribution in [3.05, 3.63) is 60.4 Å². The smallest absolute Gasteiger partial charge is 0.230 e. The molecule has 2 aromatic carbocycles. The first-order valence-electron chi connectivity index (χ1n) is 9.57. The van der Waals surface area contributed by atoms with Crippen LogP contribution in [0.2, 0.25) is 0 Å². The predicted molar refractivity (Wildman–Crippen MR) is 112 cm³/mol. The summed E-state index contributed by atoms with van der Waals surface area (Å²) in [6, 6.07) is 16.5. The summed E-state index contributed by atoms with van der Waals surface area (Å²) in [7, 11) is 0. The number of anilines is 3. The number of aromatic nitrogens is 4. The second-order valence-corrected chi connectivity index (χ2v) is 6.93. The van der Waals surface area contributed by atoms with Gasteiger partial charge in [0.1, 0.15) is 11.6 Å². The average Bonchev–Trinajstić information content (AvgIpc) is 3.16. The highest BCUT2D eigenvalue weighted by atomic mass is 19.1. The largest absolute Gasteiger partial charge is 0.354 e. The van der Waals surface area contributed by atoms with Gasteiger partial charge in [-0.2, -0.15) is 10.1 Å². The van der Waals surface area contributed by atoms with Crippen LogP contribution in [0.15, 0.2) is 54.6 Å². The van der Waals surface area contributed by atoms with Crippen LogP contribution in [-0.4, -0.2) is 46.3 Å². The van der Waals surface area contributed by atoms with Crippen LogP contribution >= 0.6 is 0 Å². The molecule has 0 atom stereocenters. The van der Waals surface area contributed by atoms with Crippen molar-refractivity contribution in [1.82, 2.24) is 25.5 Å². The van der Waals surface area contributed by atoms with Crippen LogP contribution in [0.5, 0.6) is 0 Å². The molecule has 1 saturated heterocycles. The fourth-order valence-electron chi connectivity index (χ4n) is 3.49. The van der Waals surface area contributed by atoms with Gasteiger partial charge in [0, 0.05) is 43.2 Å². The lowest BCUT2D eigenvalue weighted by Crippen LogP contribution is -2.44. The number of rotatable bonds is 4. The maximum absolute atomic E-state index is 13.7. The molecule has 0 saturated carbocycles. The fourth-order valence-corrected chi connectivity index (χ4v) is 3.49. The van der Waals surface area contributed by atoms with Gasteiger partial charge in [0.15, 0.2) is 5.82 Å². The molecule has 8 heteroatoms. The van der Waals surface area contributed by atoms with Crippen molar-refractivity contribution in [3.8, 4) is 11.3 Å². The Labute approximate surface area is 167 Å². The van der Waals surface area contributed by atoms with E-state index in [-0.39, 0.29) is 5.82 Å². The lowest BCUT2D eigenvalue weighted by atomic mass is 10.1. The predicted octanol–water partition coefficient (Wildman–Crippen LogP) is 3.31. The summed E-state index contributed by atoms with van der Waals surface area (Å²) in [6.45, 7) is 3.58. The van der Waals surface area contributed by atoms with Crippen molar-refractivity contribution in [3.63, 3.8) is 0 Å². The quantitative estimate of drug-likeness (QED) is 0.497. The number of aromatic amines is 1. The molecule has 5 rings (SSSR count). The van der Waals surface area contributed by atoms with E-state index in [1.165, 1.54) is 12.1 Å². The van der Waals surface area contributed by atoms with E-state index in [0.29, 0.717) is 17.2 Å². The number of fused-ring (bicyclic) bond motifs is 1. The maximum atomic E-state index is 13.7. The van der Waals surface area contributed by atoms with Gasteiger partial charge in [-0.3, -0.25) is 5.10 Å². The number of hydrogen-bond acceptors (Lipinski definition) is 6. The number of halogens is 1. The number of hydrogen-bond donors (Lipinski definition) is 3. The van der Waals surface area contributed by atoms with Crippen molar-refractivity contribution >= 4 is 28.5 Å². The highest BCUT2D eigenvalue weighted by molar-refractivity contribution is 5.91. The van der Waals surface area contributed by atoms with Gasteiger partial charge >= 0.3 is 0 Å². The van der Waals surface area contributed by atoms with E-state index in [4.69, 9.17) is 9.97 Å². The van der Waals surface area contributed by atoms with Crippen molar-refractivity contribution in [2.24, 2.45) is 0 Å². The van der Waals surface area contributed by atoms with Gasteiger partial charge in [-0.1, -0.05) is 30.3 Å². The zero-order valence-electron chi connectivity index (χ0n) is 15.7. The Morgan fingerprint density at radius 1 is 0.966 bits per heavy atom. The molecule has 1 aliphatic rings. The number of benzene rings is 2. The van der Waals surface area contributed by atoms with Crippen LogP contribution < -0.4 is 15.5 Å². The molecular weight excluding hydrogens is 369 g/mol. The third kappa shape index (κ3) is 3.62. The molecule has 29 heavy (non-hydrogen) atoms. The van der Waals surface area contributed by atoms with Crippen LogP contribution in [0.4, 0.5) is 22.0 Å². The zero-order valence-corrected chi connectivity index (χ0v) is 15.7. The highest BCUT2D eigenvalue weighted by Crippen LogP contribution is 2.27. The Bertz CT molecular complexity index is 1140. The van der Waals surface area contributed by atoms with Crippen LogP contribution in [-0.2, 0) is 0 Å². The van der Waals surface area contributed by atoms with Crippen molar-refractivity contribution in [2.45, 2.75) is 0 Å². The summed E-state index contributed by atoms with van der Waals surface area (Å²) in [5.74, 6) is 1.46. The van der Waals surface area contributed by atoms with E-state index in [2.05, 4.69) is 25.7 Å². The molecule has 0 amide bonds. The van der Waals surface area contributed by atoms with Gasteiger partial charge < -0.3 is 15.5 Å². The molecule has 0 aliphatic carbocycles. The summed E-state index contributed by atoms with van der Waals surface area (Å²) in [4.78, 5) is 11.6. The Kier molecular flexibility index (Phi) is 4.53. The molecule has 3 heterocycles. The Balaban J connectivity index is 1.56. The molecule has 0 spiro atoms. The van der Waals surface area contributed by atoms with E-state index in [9.17, 15) is 4.39 Å². The van der Waals surface area contributed by atoms with Gasteiger partial charge in [-0.15, -0.1) is 0 Å². The van der Waals surface area contributed by atoms with Gasteiger partial charge in [-0.05, 0) is 18.2 Å². The topological polar surface area (TPSA) is 81.8 Å². The minimum absolute atomic E-state index is 0.317. The number of H-pyrrole nitrogens is 1. The Morgan fingerprint density at radius 2 is 1.79 bits per heavy atom. The maximum Gasteiger partial charge on any atom is 0.230 e. The fraction of sp³-hybridized carbons (Fsp3) is 0.190. The minimum Gasteiger partial charge on any atom is -0.354 e.